The third-order valence-corrected chi connectivity index (χ3v) is 3.83. The molecule has 3 aromatic rings. The van der Waals surface area contributed by atoms with Crippen LogP contribution in [0.15, 0.2) is 48.5 Å². The van der Waals surface area contributed by atoms with Gasteiger partial charge in [0.05, 0.1) is 29.2 Å². The molecule has 1 aromatic heterocycles. The summed E-state index contributed by atoms with van der Waals surface area (Å²) in [5.74, 6) is 0.648. The zero-order valence-electron chi connectivity index (χ0n) is 12.4. The van der Waals surface area contributed by atoms with Gasteiger partial charge in [-0.3, -0.25) is 0 Å². The van der Waals surface area contributed by atoms with Gasteiger partial charge in [0.2, 0.25) is 0 Å². The fourth-order valence-electron chi connectivity index (χ4n) is 2.74. The highest BCUT2D eigenvalue weighted by molar-refractivity contribution is 5.75. The lowest BCUT2D eigenvalue weighted by Crippen LogP contribution is -2.16. The number of aromatic nitrogens is 2. The second-order valence-corrected chi connectivity index (χ2v) is 5.36. The summed E-state index contributed by atoms with van der Waals surface area (Å²) in [5.41, 5.74) is 0.599. The van der Waals surface area contributed by atoms with Gasteiger partial charge in [-0.25, -0.2) is 4.98 Å². The van der Waals surface area contributed by atoms with Gasteiger partial charge in [-0.1, -0.05) is 30.3 Å². The molecule has 0 saturated heterocycles. The number of alkyl halides is 3. The Labute approximate surface area is 131 Å². The number of imidazole rings is 1. The molecule has 1 unspecified atom stereocenters. The van der Waals surface area contributed by atoms with Gasteiger partial charge in [-0.15, -0.1) is 0 Å². The molecule has 0 aliphatic carbocycles. The van der Waals surface area contributed by atoms with Crippen LogP contribution >= 0.6 is 0 Å². The SMILES string of the molecule is Cc1nc2ccccc2n1CC(O)c1ccccc1C(F)(F)F. The standard InChI is InChI=1S/C17H15F3N2O/c1-11-21-14-8-4-5-9-15(14)22(11)10-16(23)12-6-2-3-7-13(12)17(18,19)20/h2-9,16,23H,10H2,1H3. The van der Waals surface area contributed by atoms with Crippen molar-refractivity contribution < 1.29 is 18.3 Å². The van der Waals surface area contributed by atoms with Crippen molar-refractivity contribution in [3.63, 3.8) is 0 Å². The normalized spacial score (nSPS) is 13.4. The molecule has 0 bridgehead atoms. The minimum Gasteiger partial charge on any atom is -0.387 e. The van der Waals surface area contributed by atoms with Crippen molar-refractivity contribution in [3.8, 4) is 0 Å². The van der Waals surface area contributed by atoms with Gasteiger partial charge in [0.25, 0.3) is 0 Å². The Kier molecular flexibility index (Phi) is 3.85. The molecule has 23 heavy (non-hydrogen) atoms. The highest BCUT2D eigenvalue weighted by Gasteiger charge is 2.34. The number of halogens is 3. The van der Waals surface area contributed by atoms with E-state index in [1.807, 2.05) is 24.3 Å². The van der Waals surface area contributed by atoms with Crippen LogP contribution in [0.1, 0.15) is 23.1 Å². The Hall–Kier alpha value is -2.34. The van der Waals surface area contributed by atoms with Crippen LogP contribution < -0.4 is 0 Å². The Morgan fingerprint density at radius 3 is 2.48 bits per heavy atom. The topological polar surface area (TPSA) is 38.0 Å². The lowest BCUT2D eigenvalue weighted by Gasteiger charge is -2.18. The third-order valence-electron chi connectivity index (χ3n) is 3.83. The molecule has 1 heterocycles. The van der Waals surface area contributed by atoms with Gasteiger partial charge in [0.15, 0.2) is 0 Å². The molecule has 2 aromatic carbocycles. The van der Waals surface area contributed by atoms with E-state index in [0.29, 0.717) is 5.82 Å². The first kappa shape index (κ1) is 15.6. The molecule has 1 atom stereocenters. The van der Waals surface area contributed by atoms with Crippen LogP contribution in [-0.2, 0) is 12.7 Å². The molecule has 0 amide bonds. The van der Waals surface area contributed by atoms with E-state index in [-0.39, 0.29) is 12.1 Å². The summed E-state index contributed by atoms with van der Waals surface area (Å²) in [6.45, 7) is 1.78. The van der Waals surface area contributed by atoms with Crippen molar-refractivity contribution in [1.29, 1.82) is 0 Å². The van der Waals surface area contributed by atoms with Crippen molar-refractivity contribution in [3.05, 3.63) is 65.5 Å². The zero-order chi connectivity index (χ0) is 16.6. The van der Waals surface area contributed by atoms with E-state index in [1.165, 1.54) is 18.2 Å². The minimum atomic E-state index is -4.50. The summed E-state index contributed by atoms with van der Waals surface area (Å²) >= 11 is 0. The summed E-state index contributed by atoms with van der Waals surface area (Å²) in [6.07, 6.45) is -5.77. The van der Waals surface area contributed by atoms with Crippen LogP contribution in [0.4, 0.5) is 13.2 Å². The largest absolute Gasteiger partial charge is 0.416 e. The number of hydrogen-bond acceptors (Lipinski definition) is 2. The van der Waals surface area contributed by atoms with E-state index >= 15 is 0 Å². The van der Waals surface area contributed by atoms with Gasteiger partial charge in [-0.2, -0.15) is 13.2 Å². The van der Waals surface area contributed by atoms with Gasteiger partial charge in [0.1, 0.15) is 5.82 Å². The first-order valence-corrected chi connectivity index (χ1v) is 7.14. The summed E-state index contributed by atoms with van der Waals surface area (Å²) in [4.78, 5) is 4.36. The summed E-state index contributed by atoms with van der Waals surface area (Å²) in [6, 6.07) is 12.4. The highest BCUT2D eigenvalue weighted by atomic mass is 19.4. The van der Waals surface area contributed by atoms with E-state index in [2.05, 4.69) is 4.98 Å². The first-order valence-electron chi connectivity index (χ1n) is 7.14. The Morgan fingerprint density at radius 1 is 1.09 bits per heavy atom. The van der Waals surface area contributed by atoms with Gasteiger partial charge < -0.3 is 9.67 Å². The van der Waals surface area contributed by atoms with Crippen LogP contribution in [0.2, 0.25) is 0 Å². The molecule has 0 spiro atoms. The lowest BCUT2D eigenvalue weighted by molar-refractivity contribution is -0.139. The molecule has 3 rings (SSSR count). The molecule has 0 fully saturated rings. The number of benzene rings is 2. The molecule has 1 N–H and O–H groups in total. The number of fused-ring (bicyclic) bond motifs is 1. The molecule has 6 heteroatoms. The predicted octanol–water partition coefficient (Wildman–Crippen LogP) is 4.10. The van der Waals surface area contributed by atoms with Crippen LogP contribution in [0.5, 0.6) is 0 Å². The molecule has 0 radical (unpaired) electrons. The van der Waals surface area contributed by atoms with E-state index in [0.717, 1.165) is 17.1 Å². The summed E-state index contributed by atoms with van der Waals surface area (Å²) < 4.78 is 41.0. The number of hydrogen-bond donors (Lipinski definition) is 1. The van der Waals surface area contributed by atoms with Crippen LogP contribution in [0, 0.1) is 6.92 Å². The molecule has 0 aliphatic rings. The second-order valence-electron chi connectivity index (χ2n) is 5.36. The van der Waals surface area contributed by atoms with Crippen LogP contribution in [0.3, 0.4) is 0 Å². The number of aliphatic hydroxyl groups excluding tert-OH is 1. The Morgan fingerprint density at radius 2 is 1.74 bits per heavy atom. The molecule has 3 nitrogen and oxygen atoms in total. The fraction of sp³-hybridized carbons (Fsp3) is 0.235. The van der Waals surface area contributed by atoms with E-state index in [1.54, 1.807) is 11.5 Å². The smallest absolute Gasteiger partial charge is 0.387 e. The minimum absolute atomic E-state index is 0.0133. The number of para-hydroxylation sites is 2. The third kappa shape index (κ3) is 2.94. The van der Waals surface area contributed by atoms with E-state index in [9.17, 15) is 18.3 Å². The molecular weight excluding hydrogens is 305 g/mol. The predicted molar refractivity (Wildman–Crippen MR) is 80.9 cm³/mol. The van der Waals surface area contributed by atoms with Gasteiger partial charge in [-0.05, 0) is 30.7 Å². The Balaban J connectivity index is 1.99. The molecular formula is C17H15F3N2O. The number of nitrogens with zero attached hydrogens (tertiary/aromatic N) is 2. The quantitative estimate of drug-likeness (QED) is 0.789. The molecule has 120 valence electrons. The van der Waals surface area contributed by atoms with Gasteiger partial charge >= 0.3 is 6.18 Å². The van der Waals surface area contributed by atoms with Crippen molar-refractivity contribution in [2.45, 2.75) is 25.7 Å². The highest BCUT2D eigenvalue weighted by Crippen LogP contribution is 2.35. The van der Waals surface area contributed by atoms with Crippen molar-refractivity contribution in [2.24, 2.45) is 0 Å². The monoisotopic (exact) mass is 320 g/mol. The maximum Gasteiger partial charge on any atom is 0.416 e. The average molecular weight is 320 g/mol. The van der Waals surface area contributed by atoms with E-state index < -0.39 is 17.8 Å². The fourth-order valence-corrected chi connectivity index (χ4v) is 2.74. The maximum atomic E-state index is 13.1. The van der Waals surface area contributed by atoms with E-state index in [4.69, 9.17) is 0 Å². The number of aliphatic hydroxyl groups is 1. The van der Waals surface area contributed by atoms with Crippen molar-refractivity contribution >= 4 is 11.0 Å². The van der Waals surface area contributed by atoms with Crippen LogP contribution in [-0.4, -0.2) is 14.7 Å². The molecule has 0 saturated carbocycles. The molecule has 0 aliphatic heterocycles. The maximum absolute atomic E-state index is 13.1. The summed E-state index contributed by atoms with van der Waals surface area (Å²) in [7, 11) is 0. The number of rotatable bonds is 3. The average Bonchev–Trinajstić information content (AvgIpc) is 2.82. The van der Waals surface area contributed by atoms with Crippen molar-refractivity contribution in [2.75, 3.05) is 0 Å². The first-order chi connectivity index (χ1) is 10.9. The lowest BCUT2D eigenvalue weighted by atomic mass is 10.0. The van der Waals surface area contributed by atoms with Crippen molar-refractivity contribution in [1.82, 2.24) is 9.55 Å². The Bertz CT molecular complexity index is 839. The number of aryl methyl sites for hydroxylation is 1. The zero-order valence-corrected chi connectivity index (χ0v) is 12.4. The van der Waals surface area contributed by atoms with Crippen LogP contribution in [0.25, 0.3) is 11.0 Å². The summed E-state index contributed by atoms with van der Waals surface area (Å²) in [5, 5.41) is 10.4. The van der Waals surface area contributed by atoms with Gasteiger partial charge in [0, 0.05) is 0 Å². The second kappa shape index (κ2) is 5.70.